The summed E-state index contributed by atoms with van der Waals surface area (Å²) in [5.41, 5.74) is 1.08. The molecule has 0 spiro atoms. The summed E-state index contributed by atoms with van der Waals surface area (Å²) in [4.78, 5) is 27.9. The molecular weight excluding hydrogens is 472 g/mol. The van der Waals surface area contributed by atoms with Gasteiger partial charge in [-0.25, -0.2) is 23.5 Å². The molecule has 0 radical (unpaired) electrons. The molecule has 9 nitrogen and oxygen atoms in total. The van der Waals surface area contributed by atoms with Crippen molar-refractivity contribution in [3.05, 3.63) is 47.9 Å². The zero-order valence-corrected chi connectivity index (χ0v) is 20.3. The van der Waals surface area contributed by atoms with Crippen molar-refractivity contribution in [1.29, 1.82) is 0 Å². The number of benzene rings is 2. The molecule has 2 aromatic heterocycles. The van der Waals surface area contributed by atoms with Gasteiger partial charge in [-0.15, -0.1) is 0 Å². The highest BCUT2D eigenvalue weighted by Gasteiger charge is 2.28. The number of rotatable bonds is 4. The molecule has 1 fully saturated rings. The van der Waals surface area contributed by atoms with Gasteiger partial charge < -0.3 is 29.0 Å². The average molecular weight is 498 g/mol. The van der Waals surface area contributed by atoms with E-state index >= 15 is 4.39 Å². The van der Waals surface area contributed by atoms with E-state index in [1.807, 2.05) is 14.0 Å². The van der Waals surface area contributed by atoms with E-state index < -0.39 is 17.7 Å². The monoisotopic (exact) mass is 497 g/mol. The summed E-state index contributed by atoms with van der Waals surface area (Å²) >= 11 is 0. The number of aromatic amines is 1. The lowest BCUT2D eigenvalue weighted by Gasteiger charge is -2.37. The van der Waals surface area contributed by atoms with Crippen LogP contribution in [-0.4, -0.2) is 70.7 Å². The molecule has 1 aliphatic heterocycles. The largest absolute Gasteiger partial charge is 0.493 e. The molecule has 0 aliphatic carbocycles. The lowest BCUT2D eigenvalue weighted by Crippen LogP contribution is -2.53. The van der Waals surface area contributed by atoms with Gasteiger partial charge in [0.15, 0.2) is 28.9 Å². The van der Waals surface area contributed by atoms with E-state index in [4.69, 9.17) is 14.2 Å². The molecule has 0 unspecified atom stereocenters. The van der Waals surface area contributed by atoms with Crippen LogP contribution in [0.15, 0.2) is 30.6 Å². The number of halogens is 2. The van der Waals surface area contributed by atoms with E-state index in [9.17, 15) is 9.18 Å². The van der Waals surface area contributed by atoms with Gasteiger partial charge >= 0.3 is 6.09 Å². The lowest BCUT2D eigenvalue weighted by molar-refractivity contribution is 0.0886. The van der Waals surface area contributed by atoms with Crippen molar-refractivity contribution < 1.29 is 27.8 Å². The molecule has 1 amide bonds. The van der Waals surface area contributed by atoms with Gasteiger partial charge in [0.25, 0.3) is 0 Å². The second-order valence-corrected chi connectivity index (χ2v) is 8.89. The molecule has 1 N–H and O–H groups in total. The third-order valence-electron chi connectivity index (χ3n) is 6.25. The van der Waals surface area contributed by atoms with Crippen molar-refractivity contribution in [3.63, 3.8) is 0 Å². The lowest BCUT2D eigenvalue weighted by atomic mass is 10.2. The zero-order chi connectivity index (χ0) is 25.6. The van der Waals surface area contributed by atoms with Crippen LogP contribution in [0.3, 0.4) is 0 Å². The third-order valence-corrected chi connectivity index (χ3v) is 6.25. The molecule has 4 aromatic rings. The number of likely N-dealkylation sites (N-methyl/N-ethyl adjacent to an activating group) is 1. The number of nitrogens with zero attached hydrogens (tertiary/aromatic N) is 4. The van der Waals surface area contributed by atoms with Gasteiger partial charge in [0.05, 0.1) is 23.5 Å². The summed E-state index contributed by atoms with van der Waals surface area (Å²) < 4.78 is 46.6. The Morgan fingerprint density at radius 2 is 1.89 bits per heavy atom. The Kier molecular flexibility index (Phi) is 6.09. The van der Waals surface area contributed by atoms with E-state index in [1.54, 1.807) is 17.9 Å². The highest BCUT2D eigenvalue weighted by molar-refractivity contribution is 5.88. The number of carbonyl (C=O) groups excluding carboxylic acids is 1. The second-order valence-electron chi connectivity index (χ2n) is 8.89. The van der Waals surface area contributed by atoms with Crippen LogP contribution in [0.2, 0.25) is 0 Å². The quantitative estimate of drug-likeness (QED) is 0.439. The van der Waals surface area contributed by atoms with Crippen molar-refractivity contribution in [3.8, 4) is 23.1 Å². The molecule has 5 rings (SSSR count). The van der Waals surface area contributed by atoms with Crippen molar-refractivity contribution in [2.75, 3.05) is 33.8 Å². The Labute approximate surface area is 205 Å². The molecule has 1 atom stereocenters. The number of amides is 1. The Morgan fingerprint density at radius 3 is 2.64 bits per heavy atom. The number of aromatic nitrogens is 3. The minimum atomic E-state index is -0.730. The van der Waals surface area contributed by atoms with Gasteiger partial charge in [0.1, 0.15) is 6.33 Å². The normalized spacial score (nSPS) is 16.5. The minimum Gasteiger partial charge on any atom is -0.493 e. The number of ether oxygens (including phenoxy) is 3. The fourth-order valence-electron chi connectivity index (χ4n) is 4.44. The van der Waals surface area contributed by atoms with Gasteiger partial charge in [-0.2, -0.15) is 0 Å². The maximum Gasteiger partial charge on any atom is 0.415 e. The van der Waals surface area contributed by atoms with Gasteiger partial charge in [0.2, 0.25) is 5.88 Å². The maximum atomic E-state index is 15.1. The summed E-state index contributed by atoms with van der Waals surface area (Å²) in [6.07, 6.45) is 0.719. The fourth-order valence-corrected chi connectivity index (χ4v) is 4.44. The summed E-state index contributed by atoms with van der Waals surface area (Å²) in [7, 11) is 3.44. The van der Waals surface area contributed by atoms with E-state index in [0.717, 1.165) is 19.2 Å². The van der Waals surface area contributed by atoms with Gasteiger partial charge in [-0.05, 0) is 33.0 Å². The molecule has 36 heavy (non-hydrogen) atoms. The van der Waals surface area contributed by atoms with Crippen LogP contribution in [0.1, 0.15) is 12.6 Å². The first kappa shape index (κ1) is 23.7. The van der Waals surface area contributed by atoms with Crippen molar-refractivity contribution in [2.45, 2.75) is 19.9 Å². The Bertz CT molecular complexity index is 1470. The van der Waals surface area contributed by atoms with Gasteiger partial charge in [-0.1, -0.05) is 0 Å². The summed E-state index contributed by atoms with van der Waals surface area (Å²) in [6, 6.07) is 5.49. The number of hydrogen-bond donors (Lipinski definition) is 1. The molecular formula is C25H25F2N5O4. The number of H-pyrrole nitrogens is 1. The molecule has 0 bridgehead atoms. The molecule has 1 saturated heterocycles. The van der Waals surface area contributed by atoms with Gasteiger partial charge in [0, 0.05) is 48.9 Å². The number of hydrogen-bond acceptors (Lipinski definition) is 7. The average Bonchev–Trinajstić information content (AvgIpc) is 3.24. The topological polar surface area (TPSA) is 92.8 Å². The zero-order valence-electron chi connectivity index (χ0n) is 20.3. The summed E-state index contributed by atoms with van der Waals surface area (Å²) in [5, 5.41) is 0.399. The highest BCUT2D eigenvalue weighted by atomic mass is 19.1. The molecule has 0 saturated carbocycles. The predicted molar refractivity (Wildman–Crippen MR) is 129 cm³/mol. The van der Waals surface area contributed by atoms with E-state index in [0.29, 0.717) is 23.1 Å². The number of nitrogens with one attached hydrogen (secondary N) is 1. The van der Waals surface area contributed by atoms with Crippen molar-refractivity contribution in [2.24, 2.45) is 0 Å². The van der Waals surface area contributed by atoms with E-state index in [2.05, 4.69) is 19.9 Å². The fraction of sp³-hybridized carbons (Fsp3) is 0.320. The second kappa shape index (κ2) is 9.23. The molecule has 188 valence electrons. The summed E-state index contributed by atoms with van der Waals surface area (Å²) in [6.45, 7) is 5.63. The van der Waals surface area contributed by atoms with Crippen LogP contribution in [0.4, 0.5) is 13.6 Å². The smallest absolute Gasteiger partial charge is 0.415 e. The van der Waals surface area contributed by atoms with Gasteiger partial charge in [-0.3, -0.25) is 0 Å². The van der Waals surface area contributed by atoms with Crippen LogP contribution < -0.4 is 14.2 Å². The maximum absolute atomic E-state index is 15.1. The first-order valence-electron chi connectivity index (χ1n) is 11.4. The third kappa shape index (κ3) is 4.26. The Balaban J connectivity index is 1.51. The SMILES string of the molecule is COc1cc2ncnc(Oc3cc(F)c4[nH]c(C)cc4c3F)c2cc1OC(=O)N1CCN(C)C[C@H]1C. The molecule has 2 aromatic carbocycles. The molecule has 1 aliphatic rings. The molecule has 3 heterocycles. The number of piperazine rings is 1. The first-order chi connectivity index (χ1) is 17.2. The van der Waals surface area contributed by atoms with Crippen LogP contribution in [0.5, 0.6) is 23.1 Å². The van der Waals surface area contributed by atoms with Crippen LogP contribution in [-0.2, 0) is 0 Å². The summed E-state index contributed by atoms with van der Waals surface area (Å²) in [5.74, 6) is -1.34. The van der Waals surface area contributed by atoms with E-state index in [1.165, 1.54) is 25.6 Å². The van der Waals surface area contributed by atoms with Crippen LogP contribution in [0.25, 0.3) is 21.8 Å². The number of methoxy groups -OCH3 is 1. The standard InChI is InChI=1S/C25H25F2N5O4/c1-13-7-16-22(27)21(9-17(26)23(16)30-13)35-24-15-8-20(19(34-4)10-18(15)28-12-29-24)36-25(33)32-6-5-31(3)11-14(32)2/h7-10,12,14,30H,5-6,11H2,1-4H3/t14-/m1/s1. The predicted octanol–water partition coefficient (Wildman–Crippen LogP) is 4.63. The Morgan fingerprint density at radius 1 is 1.08 bits per heavy atom. The highest BCUT2D eigenvalue weighted by Crippen LogP contribution is 2.38. The number of carbonyl (C=O) groups is 1. The van der Waals surface area contributed by atoms with Crippen LogP contribution in [0, 0.1) is 18.6 Å². The number of fused-ring (bicyclic) bond motifs is 2. The van der Waals surface area contributed by atoms with Crippen LogP contribution >= 0.6 is 0 Å². The number of aryl methyl sites for hydroxylation is 1. The van der Waals surface area contributed by atoms with Crippen molar-refractivity contribution >= 4 is 27.9 Å². The van der Waals surface area contributed by atoms with E-state index in [-0.39, 0.29) is 40.1 Å². The Hall–Kier alpha value is -3.99. The van der Waals surface area contributed by atoms with Crippen molar-refractivity contribution in [1.82, 2.24) is 24.8 Å². The minimum absolute atomic E-state index is 0.0298. The first-order valence-corrected chi connectivity index (χ1v) is 11.4. The molecule has 11 heteroatoms.